The van der Waals surface area contributed by atoms with E-state index >= 15 is 0 Å². The van der Waals surface area contributed by atoms with Crippen molar-refractivity contribution < 1.29 is 19.7 Å². The number of nitro benzene ring substituents is 4. The van der Waals surface area contributed by atoms with Crippen molar-refractivity contribution in [3.8, 4) is 44.5 Å². The average molecular weight is 1190 g/mol. The Balaban J connectivity index is 0.000000216. The van der Waals surface area contributed by atoms with Crippen LogP contribution in [0.15, 0.2) is 141 Å². The second-order valence-electron chi connectivity index (χ2n) is 15.3. The van der Waals surface area contributed by atoms with Crippen molar-refractivity contribution in [2.24, 2.45) is 0 Å². The van der Waals surface area contributed by atoms with Crippen LogP contribution in [0.25, 0.3) is 44.5 Å². The molecule has 0 aliphatic rings. The van der Waals surface area contributed by atoms with E-state index in [9.17, 15) is 40.5 Å². The summed E-state index contributed by atoms with van der Waals surface area (Å²) in [6.45, 7) is 0. The number of hydrogen-bond donors (Lipinski definition) is 4. The molecular formula is C48H28Cl8N8O8S2. The highest BCUT2D eigenvalue weighted by Crippen LogP contribution is 2.53. The highest BCUT2D eigenvalue weighted by Gasteiger charge is 2.32. The van der Waals surface area contributed by atoms with Crippen LogP contribution in [0.2, 0.25) is 40.2 Å². The number of halogens is 8. The summed E-state index contributed by atoms with van der Waals surface area (Å²) in [4.78, 5) is 46.7. The minimum Gasteiger partial charge on any atom is -0.399 e. The van der Waals surface area contributed by atoms with Crippen molar-refractivity contribution in [1.29, 1.82) is 0 Å². The van der Waals surface area contributed by atoms with Crippen LogP contribution in [0.1, 0.15) is 0 Å². The summed E-state index contributed by atoms with van der Waals surface area (Å²) in [5, 5.41) is 49.0. The largest absolute Gasteiger partial charge is 0.399 e. The number of nitrogens with two attached hydrogens (primary N) is 4. The van der Waals surface area contributed by atoms with Crippen molar-refractivity contribution in [2.45, 2.75) is 19.6 Å². The molecule has 0 atom stereocenters. The SMILES string of the molecule is Nc1ccc(-c2c(Cl)ccc(Sc3ccc(Cl)c(-c4ccc(N)cc4Cl)c3[N+](=O)[O-])c2[N+](=O)[O-])c(Cl)c1.Nc1ccc(-c2c([N+](=O)[O-])ccc(Sc3ccc([N+](=O)[O-])c(-c4ccc(N)cc4Cl)c3Cl)c2Cl)c(Cl)c1. The molecule has 0 aromatic heterocycles. The minimum absolute atomic E-state index is 0.0485. The van der Waals surface area contributed by atoms with Gasteiger partial charge in [0.25, 0.3) is 22.7 Å². The van der Waals surface area contributed by atoms with Gasteiger partial charge in [0.15, 0.2) is 0 Å². The minimum atomic E-state index is -0.615. The van der Waals surface area contributed by atoms with Gasteiger partial charge in [0.1, 0.15) is 0 Å². The first-order valence-electron chi connectivity index (χ1n) is 20.4. The Morgan fingerprint density at radius 1 is 0.324 bits per heavy atom. The van der Waals surface area contributed by atoms with Gasteiger partial charge in [0.2, 0.25) is 0 Å². The van der Waals surface area contributed by atoms with Crippen LogP contribution in [0, 0.1) is 40.5 Å². The lowest BCUT2D eigenvalue weighted by Crippen LogP contribution is -1.99. The molecule has 0 aliphatic heterocycles. The van der Waals surface area contributed by atoms with E-state index in [1.165, 1.54) is 97.1 Å². The maximum absolute atomic E-state index is 12.3. The zero-order valence-corrected chi connectivity index (χ0v) is 44.4. The summed E-state index contributed by atoms with van der Waals surface area (Å²) in [6.07, 6.45) is 0. The highest BCUT2D eigenvalue weighted by molar-refractivity contribution is 8.00. The fourth-order valence-electron chi connectivity index (χ4n) is 7.38. The molecule has 8 aromatic carbocycles. The molecule has 0 radical (unpaired) electrons. The Bertz CT molecular complexity index is 3440. The summed E-state index contributed by atoms with van der Waals surface area (Å²) >= 11 is 53.4. The van der Waals surface area contributed by atoms with E-state index in [0.717, 1.165) is 23.5 Å². The number of benzene rings is 8. The summed E-state index contributed by atoms with van der Waals surface area (Å²) in [6, 6.07) is 29.4. The summed E-state index contributed by atoms with van der Waals surface area (Å²) in [5.74, 6) is 0. The Labute approximate surface area is 466 Å². The van der Waals surface area contributed by atoms with Crippen LogP contribution >= 0.6 is 116 Å². The quantitative estimate of drug-likeness (QED) is 0.0503. The van der Waals surface area contributed by atoms with Gasteiger partial charge in [0, 0.05) is 66.9 Å². The van der Waals surface area contributed by atoms with Gasteiger partial charge in [-0.25, -0.2) is 0 Å². The molecule has 16 nitrogen and oxygen atoms in total. The molecule has 8 aromatic rings. The van der Waals surface area contributed by atoms with Crippen LogP contribution in [0.5, 0.6) is 0 Å². The molecule has 0 heterocycles. The monoisotopic (exact) mass is 1190 g/mol. The third-order valence-electron chi connectivity index (χ3n) is 10.6. The first kappa shape index (κ1) is 55.3. The van der Waals surface area contributed by atoms with E-state index < -0.39 is 19.7 Å². The Morgan fingerprint density at radius 2 is 0.595 bits per heavy atom. The van der Waals surface area contributed by atoms with E-state index in [0.29, 0.717) is 43.7 Å². The molecule has 0 saturated carbocycles. The molecule has 74 heavy (non-hydrogen) atoms. The maximum Gasteiger partial charge on any atom is 0.292 e. The summed E-state index contributed by atoms with van der Waals surface area (Å²) < 4.78 is 0. The van der Waals surface area contributed by atoms with Crippen molar-refractivity contribution >= 4 is 162 Å². The zero-order valence-electron chi connectivity index (χ0n) is 36.8. The van der Waals surface area contributed by atoms with Gasteiger partial charge in [-0.05, 0) is 84.9 Å². The van der Waals surface area contributed by atoms with Crippen LogP contribution in [0.4, 0.5) is 45.5 Å². The molecule has 0 bridgehead atoms. The molecule has 0 unspecified atom stereocenters. The summed E-state index contributed by atoms with van der Waals surface area (Å²) in [7, 11) is 0. The third kappa shape index (κ3) is 11.6. The number of anilines is 4. The zero-order chi connectivity index (χ0) is 54.0. The van der Waals surface area contributed by atoms with Gasteiger partial charge in [-0.1, -0.05) is 141 Å². The second kappa shape index (κ2) is 23.0. The van der Waals surface area contributed by atoms with Gasteiger partial charge in [-0.2, -0.15) is 0 Å². The van der Waals surface area contributed by atoms with Crippen LogP contribution in [0.3, 0.4) is 0 Å². The lowest BCUT2D eigenvalue weighted by atomic mass is 10.0. The van der Waals surface area contributed by atoms with Crippen molar-refractivity contribution in [3.63, 3.8) is 0 Å². The summed E-state index contributed by atoms with van der Waals surface area (Å²) in [5.41, 5.74) is 24.8. The molecule has 8 N–H and O–H groups in total. The van der Waals surface area contributed by atoms with Crippen molar-refractivity contribution in [2.75, 3.05) is 22.9 Å². The van der Waals surface area contributed by atoms with E-state index in [2.05, 4.69) is 0 Å². The molecule has 0 fully saturated rings. The predicted octanol–water partition coefficient (Wildman–Crippen LogP) is 17.5. The second-order valence-corrected chi connectivity index (χ2v) is 20.6. The topological polar surface area (TPSA) is 277 Å². The lowest BCUT2D eigenvalue weighted by Gasteiger charge is -2.15. The average Bonchev–Trinajstić information content (AvgIpc) is 3.32. The van der Waals surface area contributed by atoms with Crippen LogP contribution in [-0.2, 0) is 0 Å². The van der Waals surface area contributed by atoms with Gasteiger partial charge < -0.3 is 22.9 Å². The Kier molecular flexibility index (Phi) is 17.2. The van der Waals surface area contributed by atoms with Gasteiger partial charge in [-0.3, -0.25) is 40.5 Å². The third-order valence-corrected chi connectivity index (χ3v) is 15.7. The van der Waals surface area contributed by atoms with Gasteiger partial charge in [0.05, 0.1) is 91.9 Å². The number of hydrogen-bond acceptors (Lipinski definition) is 14. The molecule has 0 amide bonds. The number of rotatable bonds is 12. The Hall–Kier alpha value is -6.42. The molecule has 8 rings (SSSR count). The normalized spacial score (nSPS) is 10.9. The molecule has 0 spiro atoms. The Morgan fingerprint density at radius 3 is 0.865 bits per heavy atom. The van der Waals surface area contributed by atoms with Gasteiger partial charge >= 0.3 is 0 Å². The lowest BCUT2D eigenvalue weighted by molar-refractivity contribution is -0.387. The first-order chi connectivity index (χ1) is 35.0. The van der Waals surface area contributed by atoms with Crippen molar-refractivity contribution in [1.82, 2.24) is 0 Å². The first-order valence-corrected chi connectivity index (χ1v) is 25.1. The van der Waals surface area contributed by atoms with Crippen LogP contribution < -0.4 is 22.9 Å². The van der Waals surface area contributed by atoms with Crippen LogP contribution in [-0.4, -0.2) is 19.7 Å². The fourth-order valence-corrected chi connectivity index (χ4v) is 11.7. The van der Waals surface area contributed by atoms with Crippen molar-refractivity contribution in [3.05, 3.63) is 202 Å². The van der Waals surface area contributed by atoms with Gasteiger partial charge in [-0.15, -0.1) is 0 Å². The molecule has 0 saturated heterocycles. The molecule has 26 heteroatoms. The maximum atomic E-state index is 12.3. The van der Waals surface area contributed by atoms with E-state index in [1.807, 2.05) is 0 Å². The smallest absolute Gasteiger partial charge is 0.292 e. The molecule has 376 valence electrons. The fraction of sp³-hybridized carbons (Fsp3) is 0. The molecule has 0 aliphatic carbocycles. The number of nitrogens with zero attached hydrogens (tertiary/aromatic N) is 4. The van der Waals surface area contributed by atoms with E-state index in [1.54, 1.807) is 24.3 Å². The molecular weight excluding hydrogens is 1160 g/mol. The standard InChI is InChI=1S/2C24H14Cl4N4O4S/c25-15-9-11(29)1-3-13(15)21-17(31(33)34)5-7-19(23(21)27)37-20-8-6-18(32(35)36)22(24(20)28)14-4-2-12(30)10-16(14)26;25-15-5-7-19(23(31(33)34)21(15)13-3-1-11(29)9-17(13)27)37-20-8-6-16(26)22(24(20)32(35)36)14-4-2-12(30)10-18(14)28/h2*1-10H,29-30H2. The number of nitro groups is 4. The number of nitrogen functional groups attached to an aromatic ring is 4. The highest BCUT2D eigenvalue weighted by atomic mass is 35.5. The van der Waals surface area contributed by atoms with E-state index in [-0.39, 0.29) is 106 Å². The predicted molar refractivity (Wildman–Crippen MR) is 300 cm³/mol. The van der Waals surface area contributed by atoms with E-state index in [4.69, 9.17) is 116 Å².